The van der Waals surface area contributed by atoms with Crippen LogP contribution in [0.15, 0.2) is 0 Å². The van der Waals surface area contributed by atoms with Crippen LogP contribution in [-0.2, 0) is 18.9 Å². The maximum atomic E-state index is 5.82. The zero-order valence-electron chi connectivity index (χ0n) is 12.7. The molecule has 122 valence electrons. The Labute approximate surface area is 136 Å². The van der Waals surface area contributed by atoms with Gasteiger partial charge in [0.2, 0.25) is 0 Å². The molecule has 0 saturated carbocycles. The van der Waals surface area contributed by atoms with Crippen molar-refractivity contribution in [1.82, 2.24) is 0 Å². The van der Waals surface area contributed by atoms with Gasteiger partial charge < -0.3 is 18.9 Å². The highest BCUT2D eigenvalue weighted by Crippen LogP contribution is 2.15. The second-order valence-corrected chi connectivity index (χ2v) is 5.58. The van der Waals surface area contributed by atoms with Crippen molar-refractivity contribution in [2.75, 3.05) is 57.5 Å². The van der Waals surface area contributed by atoms with Crippen molar-refractivity contribution in [3.63, 3.8) is 0 Å². The number of hydrogen-bond donors (Lipinski definition) is 0. The molecule has 0 amide bonds. The molecule has 0 aromatic rings. The molecular formula is C14H28BrClO4. The van der Waals surface area contributed by atoms with E-state index in [0.29, 0.717) is 50.9 Å². The van der Waals surface area contributed by atoms with E-state index in [2.05, 4.69) is 22.9 Å². The van der Waals surface area contributed by atoms with E-state index in [0.717, 1.165) is 19.4 Å². The Hall–Kier alpha value is 0.610. The van der Waals surface area contributed by atoms with Crippen LogP contribution in [0.25, 0.3) is 0 Å². The molecule has 0 aromatic carbocycles. The van der Waals surface area contributed by atoms with Crippen LogP contribution in [0.5, 0.6) is 0 Å². The summed E-state index contributed by atoms with van der Waals surface area (Å²) in [4.78, 5) is 0. The number of halogens is 2. The van der Waals surface area contributed by atoms with Crippen LogP contribution in [0, 0.1) is 0 Å². The first-order valence-electron chi connectivity index (χ1n) is 7.17. The molecule has 1 unspecified atom stereocenters. The minimum Gasteiger partial charge on any atom is -0.379 e. The van der Waals surface area contributed by atoms with Gasteiger partial charge in [-0.25, -0.2) is 0 Å². The van der Waals surface area contributed by atoms with Gasteiger partial charge in [-0.3, -0.25) is 0 Å². The molecule has 1 atom stereocenters. The van der Waals surface area contributed by atoms with Crippen LogP contribution < -0.4 is 0 Å². The van der Waals surface area contributed by atoms with E-state index >= 15 is 0 Å². The first-order chi connectivity index (χ1) is 9.68. The van der Waals surface area contributed by atoms with E-state index in [1.807, 2.05) is 6.92 Å². The molecule has 6 heteroatoms. The molecule has 0 aliphatic rings. The summed E-state index contributed by atoms with van der Waals surface area (Å²) in [6.07, 6.45) is 2.27. The maximum Gasteiger partial charge on any atom is 0.0886 e. The minimum absolute atomic E-state index is 0.322. The molecule has 0 aromatic heterocycles. The normalized spacial score (nSPS) is 14.4. The summed E-state index contributed by atoms with van der Waals surface area (Å²) in [7, 11) is 0. The van der Waals surface area contributed by atoms with Crippen LogP contribution in [0.2, 0.25) is 0 Å². The molecule has 0 heterocycles. The first-order valence-corrected chi connectivity index (χ1v) is 8.83. The molecule has 0 radical (unpaired) electrons. The van der Waals surface area contributed by atoms with E-state index in [9.17, 15) is 0 Å². The van der Waals surface area contributed by atoms with Crippen molar-refractivity contribution in [2.45, 2.75) is 32.3 Å². The monoisotopic (exact) mass is 374 g/mol. The summed E-state index contributed by atoms with van der Waals surface area (Å²) < 4.78 is 21.8. The van der Waals surface area contributed by atoms with Gasteiger partial charge in [-0.2, -0.15) is 0 Å². The quantitative estimate of drug-likeness (QED) is 0.325. The second-order valence-electron chi connectivity index (χ2n) is 4.76. The van der Waals surface area contributed by atoms with Crippen LogP contribution in [0.1, 0.15) is 26.7 Å². The van der Waals surface area contributed by atoms with Crippen molar-refractivity contribution >= 4 is 27.5 Å². The Morgan fingerprint density at radius 1 is 0.900 bits per heavy atom. The fraction of sp³-hybridized carbons (Fsp3) is 1.00. The average Bonchev–Trinajstić information content (AvgIpc) is 2.48. The lowest BCUT2D eigenvalue weighted by molar-refractivity contribution is -0.0408. The molecular weight excluding hydrogens is 348 g/mol. The summed E-state index contributed by atoms with van der Waals surface area (Å²) in [5.41, 5.74) is -0.322. The van der Waals surface area contributed by atoms with E-state index in [1.165, 1.54) is 0 Å². The minimum atomic E-state index is -0.322. The Morgan fingerprint density at radius 2 is 1.40 bits per heavy atom. The largest absolute Gasteiger partial charge is 0.379 e. The van der Waals surface area contributed by atoms with Crippen LogP contribution in [0.3, 0.4) is 0 Å². The van der Waals surface area contributed by atoms with Gasteiger partial charge in [0.25, 0.3) is 0 Å². The van der Waals surface area contributed by atoms with Gasteiger partial charge in [0, 0.05) is 11.9 Å². The lowest BCUT2D eigenvalue weighted by atomic mass is 10.2. The van der Waals surface area contributed by atoms with E-state index in [1.54, 1.807) is 0 Å². The Morgan fingerprint density at radius 3 is 1.85 bits per heavy atom. The molecule has 0 spiro atoms. The highest BCUT2D eigenvalue weighted by atomic mass is 79.9. The topological polar surface area (TPSA) is 36.9 Å². The summed E-state index contributed by atoms with van der Waals surface area (Å²) in [6.45, 7) is 8.46. The molecule has 0 aliphatic carbocycles. The van der Waals surface area contributed by atoms with Gasteiger partial charge in [-0.1, -0.05) is 29.3 Å². The van der Waals surface area contributed by atoms with Gasteiger partial charge in [0.15, 0.2) is 0 Å². The molecule has 0 rings (SSSR count). The third-order valence-electron chi connectivity index (χ3n) is 2.63. The lowest BCUT2D eigenvalue weighted by Gasteiger charge is -2.24. The molecule has 20 heavy (non-hydrogen) atoms. The van der Waals surface area contributed by atoms with Gasteiger partial charge in [-0.05, 0) is 13.3 Å². The lowest BCUT2D eigenvalue weighted by Crippen LogP contribution is -2.34. The number of alkyl halides is 2. The third kappa shape index (κ3) is 12.4. The SMILES string of the molecule is CCCCOCCOCCOCCOC(C)(CCl)CBr. The molecule has 0 aliphatic heterocycles. The smallest absolute Gasteiger partial charge is 0.0886 e. The highest BCUT2D eigenvalue weighted by molar-refractivity contribution is 9.09. The number of rotatable bonds is 15. The van der Waals surface area contributed by atoms with Crippen LogP contribution in [-0.4, -0.2) is 63.1 Å². The van der Waals surface area contributed by atoms with Crippen molar-refractivity contribution in [1.29, 1.82) is 0 Å². The zero-order valence-corrected chi connectivity index (χ0v) is 15.0. The van der Waals surface area contributed by atoms with Crippen LogP contribution >= 0.6 is 27.5 Å². The molecule has 0 saturated heterocycles. The molecule has 0 bridgehead atoms. The Balaban J connectivity index is 3.17. The van der Waals surface area contributed by atoms with Gasteiger partial charge in [0.1, 0.15) is 0 Å². The first kappa shape index (κ1) is 20.6. The Bertz CT molecular complexity index is 204. The fourth-order valence-electron chi connectivity index (χ4n) is 1.25. The maximum absolute atomic E-state index is 5.82. The third-order valence-corrected chi connectivity index (χ3v) is 4.38. The van der Waals surface area contributed by atoms with Crippen molar-refractivity contribution in [3.8, 4) is 0 Å². The Kier molecular flexibility index (Phi) is 15.0. The number of ether oxygens (including phenoxy) is 4. The summed E-state index contributed by atoms with van der Waals surface area (Å²) in [5, 5.41) is 0.713. The van der Waals surface area contributed by atoms with Gasteiger partial charge >= 0.3 is 0 Å². The predicted octanol–water partition coefficient (Wildman–Crippen LogP) is 3.25. The summed E-state index contributed by atoms with van der Waals surface area (Å²) >= 11 is 9.21. The van der Waals surface area contributed by atoms with Gasteiger partial charge in [-0.15, -0.1) is 11.6 Å². The second kappa shape index (κ2) is 14.5. The standard InChI is InChI=1S/C14H28BrClO4/c1-3-4-5-17-6-7-18-8-9-19-10-11-20-14(2,12-15)13-16/h3-13H2,1-2H3. The van der Waals surface area contributed by atoms with Crippen molar-refractivity contribution in [2.24, 2.45) is 0 Å². The summed E-state index contributed by atoms with van der Waals surface area (Å²) in [5.74, 6) is 0.458. The molecule has 4 nitrogen and oxygen atoms in total. The van der Waals surface area contributed by atoms with Gasteiger partial charge in [0.05, 0.1) is 51.1 Å². The zero-order chi connectivity index (χ0) is 15.1. The van der Waals surface area contributed by atoms with Crippen molar-refractivity contribution < 1.29 is 18.9 Å². The summed E-state index contributed by atoms with van der Waals surface area (Å²) in [6, 6.07) is 0. The number of hydrogen-bond acceptors (Lipinski definition) is 4. The number of unbranched alkanes of at least 4 members (excludes halogenated alkanes) is 1. The molecule has 0 N–H and O–H groups in total. The van der Waals surface area contributed by atoms with Crippen LogP contribution in [0.4, 0.5) is 0 Å². The van der Waals surface area contributed by atoms with Crippen molar-refractivity contribution in [3.05, 3.63) is 0 Å². The van der Waals surface area contributed by atoms with E-state index < -0.39 is 0 Å². The van der Waals surface area contributed by atoms with E-state index in [-0.39, 0.29) is 5.60 Å². The van der Waals surface area contributed by atoms with E-state index in [4.69, 9.17) is 30.5 Å². The fourth-order valence-corrected chi connectivity index (χ4v) is 2.01. The molecule has 0 fully saturated rings. The highest BCUT2D eigenvalue weighted by Gasteiger charge is 2.21. The average molecular weight is 376 g/mol. The predicted molar refractivity (Wildman–Crippen MR) is 86.2 cm³/mol.